The summed E-state index contributed by atoms with van der Waals surface area (Å²) in [6, 6.07) is 0. The van der Waals surface area contributed by atoms with Gasteiger partial charge in [0.25, 0.3) is 5.91 Å². The molecule has 0 saturated heterocycles. The van der Waals surface area contributed by atoms with E-state index in [1.54, 1.807) is 14.2 Å². The van der Waals surface area contributed by atoms with Crippen LogP contribution in [0, 0.1) is 0 Å². The lowest BCUT2D eigenvalue weighted by molar-refractivity contribution is -0.121. The molecule has 0 bridgehead atoms. The van der Waals surface area contributed by atoms with Crippen molar-refractivity contribution >= 4 is 17.5 Å². The van der Waals surface area contributed by atoms with Gasteiger partial charge in [0.15, 0.2) is 0 Å². The highest BCUT2D eigenvalue weighted by molar-refractivity contribution is 6.39. The summed E-state index contributed by atoms with van der Waals surface area (Å²) in [5.41, 5.74) is 2.60. The molecule has 0 aliphatic carbocycles. The highest BCUT2D eigenvalue weighted by atomic mass is 16.5. The zero-order chi connectivity index (χ0) is 12.7. The van der Waals surface area contributed by atoms with Gasteiger partial charge in [-0.05, 0) is 0 Å². The second kappa shape index (κ2) is 6.97. The van der Waals surface area contributed by atoms with Crippen LogP contribution >= 0.6 is 0 Å². The summed E-state index contributed by atoms with van der Waals surface area (Å²) >= 11 is 0. The van der Waals surface area contributed by atoms with Crippen molar-refractivity contribution in [3.05, 3.63) is 0 Å². The van der Waals surface area contributed by atoms with Crippen LogP contribution in [-0.2, 0) is 19.1 Å². The molecule has 96 valence electrons. The first kappa shape index (κ1) is 13.6. The summed E-state index contributed by atoms with van der Waals surface area (Å²) in [6.07, 6.45) is 0.459. The van der Waals surface area contributed by atoms with Gasteiger partial charge in [0.2, 0.25) is 5.91 Å². The van der Waals surface area contributed by atoms with Gasteiger partial charge in [0.1, 0.15) is 5.71 Å². The second-order valence-electron chi connectivity index (χ2n) is 3.62. The Kier molecular flexibility index (Phi) is 5.58. The third-order valence-electron chi connectivity index (χ3n) is 2.34. The van der Waals surface area contributed by atoms with Gasteiger partial charge in [-0.25, -0.2) is 5.43 Å². The lowest BCUT2D eigenvalue weighted by atomic mass is 10.1. The van der Waals surface area contributed by atoms with Crippen molar-refractivity contribution < 1.29 is 19.1 Å². The van der Waals surface area contributed by atoms with E-state index in [0.29, 0.717) is 25.3 Å². The van der Waals surface area contributed by atoms with Crippen molar-refractivity contribution in [3.63, 3.8) is 0 Å². The normalized spacial score (nSPS) is 17.1. The highest BCUT2D eigenvalue weighted by Crippen LogP contribution is 1.99. The van der Waals surface area contributed by atoms with Gasteiger partial charge < -0.3 is 14.8 Å². The van der Waals surface area contributed by atoms with Crippen LogP contribution in [0.2, 0.25) is 0 Å². The SMILES string of the molecule is COCC(CNC(=O)C1=NNC(=O)CC1)OC. The van der Waals surface area contributed by atoms with E-state index in [9.17, 15) is 9.59 Å². The zero-order valence-electron chi connectivity index (χ0n) is 9.99. The van der Waals surface area contributed by atoms with Gasteiger partial charge in [0.05, 0.1) is 12.7 Å². The van der Waals surface area contributed by atoms with Gasteiger partial charge >= 0.3 is 0 Å². The molecule has 1 heterocycles. The van der Waals surface area contributed by atoms with Crippen LogP contribution in [0.15, 0.2) is 5.10 Å². The minimum absolute atomic E-state index is 0.171. The largest absolute Gasteiger partial charge is 0.382 e. The van der Waals surface area contributed by atoms with Crippen LogP contribution in [0.3, 0.4) is 0 Å². The average molecular weight is 243 g/mol. The predicted molar refractivity (Wildman–Crippen MR) is 60.5 cm³/mol. The van der Waals surface area contributed by atoms with Gasteiger partial charge in [-0.1, -0.05) is 0 Å². The Bertz CT molecular complexity index is 317. The zero-order valence-corrected chi connectivity index (χ0v) is 9.99. The number of carbonyl (C=O) groups excluding carboxylic acids is 2. The van der Waals surface area contributed by atoms with Crippen molar-refractivity contribution in [2.24, 2.45) is 5.10 Å². The summed E-state index contributed by atoms with van der Waals surface area (Å²) in [4.78, 5) is 22.5. The van der Waals surface area contributed by atoms with Crippen LogP contribution < -0.4 is 10.7 Å². The molecule has 1 unspecified atom stereocenters. The van der Waals surface area contributed by atoms with E-state index in [0.717, 1.165) is 0 Å². The molecule has 0 aromatic carbocycles. The fourth-order valence-electron chi connectivity index (χ4n) is 1.34. The van der Waals surface area contributed by atoms with Crippen molar-refractivity contribution in [2.45, 2.75) is 18.9 Å². The van der Waals surface area contributed by atoms with Crippen LogP contribution in [-0.4, -0.2) is 51.0 Å². The lowest BCUT2D eigenvalue weighted by Gasteiger charge is -2.16. The van der Waals surface area contributed by atoms with Crippen molar-refractivity contribution in [2.75, 3.05) is 27.4 Å². The topological polar surface area (TPSA) is 89.0 Å². The number of hydrogen-bond donors (Lipinski definition) is 2. The average Bonchev–Trinajstić information content (AvgIpc) is 2.35. The lowest BCUT2D eigenvalue weighted by Crippen LogP contribution is -2.41. The molecule has 0 aromatic heterocycles. The van der Waals surface area contributed by atoms with E-state index in [1.165, 1.54) is 0 Å². The molecule has 0 aromatic rings. The molecule has 2 amide bonds. The highest BCUT2D eigenvalue weighted by Gasteiger charge is 2.19. The minimum Gasteiger partial charge on any atom is -0.382 e. The van der Waals surface area contributed by atoms with E-state index < -0.39 is 0 Å². The molecule has 1 rings (SSSR count). The first-order chi connectivity index (χ1) is 8.17. The number of ether oxygens (including phenoxy) is 2. The number of nitrogens with zero attached hydrogens (tertiary/aromatic N) is 1. The molecule has 1 aliphatic rings. The number of hydrazone groups is 1. The van der Waals surface area contributed by atoms with E-state index in [1.807, 2.05) is 0 Å². The van der Waals surface area contributed by atoms with E-state index in [-0.39, 0.29) is 24.3 Å². The molecule has 0 saturated carbocycles. The molecular formula is C10H17N3O4. The molecule has 0 spiro atoms. The van der Waals surface area contributed by atoms with Gasteiger partial charge in [0, 0.05) is 33.6 Å². The fraction of sp³-hybridized carbons (Fsp3) is 0.700. The maximum absolute atomic E-state index is 11.6. The first-order valence-electron chi connectivity index (χ1n) is 5.32. The summed E-state index contributed by atoms with van der Waals surface area (Å²) in [5.74, 6) is -0.459. The molecule has 0 fully saturated rings. The Labute approximate surface area is 99.5 Å². The number of hydrogen-bond acceptors (Lipinski definition) is 5. The van der Waals surface area contributed by atoms with Crippen LogP contribution in [0.5, 0.6) is 0 Å². The second-order valence-corrected chi connectivity index (χ2v) is 3.62. The maximum atomic E-state index is 11.6. The molecule has 2 N–H and O–H groups in total. The van der Waals surface area contributed by atoms with E-state index >= 15 is 0 Å². The number of methoxy groups -OCH3 is 2. The van der Waals surface area contributed by atoms with Gasteiger partial charge in [-0.15, -0.1) is 0 Å². The molecule has 7 nitrogen and oxygen atoms in total. The van der Waals surface area contributed by atoms with Crippen LogP contribution in [0.4, 0.5) is 0 Å². The Balaban J connectivity index is 2.36. The number of amides is 2. The molecular weight excluding hydrogens is 226 g/mol. The Morgan fingerprint density at radius 3 is 2.82 bits per heavy atom. The third kappa shape index (κ3) is 4.49. The first-order valence-corrected chi connectivity index (χ1v) is 5.32. The number of carbonyl (C=O) groups is 2. The number of nitrogens with one attached hydrogen (secondary N) is 2. The molecule has 7 heteroatoms. The molecule has 17 heavy (non-hydrogen) atoms. The van der Waals surface area contributed by atoms with Gasteiger partial charge in [-0.2, -0.15) is 5.10 Å². The van der Waals surface area contributed by atoms with Crippen molar-refractivity contribution in [1.29, 1.82) is 0 Å². The Morgan fingerprint density at radius 2 is 2.29 bits per heavy atom. The minimum atomic E-state index is -0.289. The maximum Gasteiger partial charge on any atom is 0.267 e. The van der Waals surface area contributed by atoms with Crippen LogP contribution in [0.25, 0.3) is 0 Å². The summed E-state index contributed by atoms with van der Waals surface area (Å²) in [6.45, 7) is 0.746. The van der Waals surface area contributed by atoms with Crippen molar-refractivity contribution in [3.8, 4) is 0 Å². The quantitative estimate of drug-likeness (QED) is 0.628. The van der Waals surface area contributed by atoms with Crippen LogP contribution in [0.1, 0.15) is 12.8 Å². The third-order valence-corrected chi connectivity index (χ3v) is 2.34. The summed E-state index contributed by atoms with van der Waals surface area (Å²) < 4.78 is 10.0. The summed E-state index contributed by atoms with van der Waals surface area (Å²) in [7, 11) is 3.11. The van der Waals surface area contributed by atoms with E-state index in [2.05, 4.69) is 15.8 Å². The predicted octanol–water partition coefficient (Wildman–Crippen LogP) is -0.970. The monoisotopic (exact) mass is 243 g/mol. The fourth-order valence-corrected chi connectivity index (χ4v) is 1.34. The Hall–Kier alpha value is -1.47. The van der Waals surface area contributed by atoms with Crippen molar-refractivity contribution in [1.82, 2.24) is 10.7 Å². The number of rotatable bonds is 6. The molecule has 0 radical (unpaired) electrons. The summed E-state index contributed by atoms with van der Waals surface area (Å²) in [5, 5.41) is 6.37. The Morgan fingerprint density at radius 1 is 1.53 bits per heavy atom. The standard InChI is InChI=1S/C10H17N3O4/c1-16-6-7(17-2)5-11-10(15)8-3-4-9(14)13-12-8/h7H,3-6H2,1-2H3,(H,11,15)(H,13,14). The van der Waals surface area contributed by atoms with Gasteiger partial charge in [-0.3, -0.25) is 9.59 Å². The smallest absolute Gasteiger partial charge is 0.267 e. The molecule has 1 atom stereocenters. The van der Waals surface area contributed by atoms with E-state index in [4.69, 9.17) is 9.47 Å². The molecule has 1 aliphatic heterocycles.